The molecule has 0 saturated heterocycles. The molecule has 2 aromatic rings. The van der Waals surface area contributed by atoms with Crippen molar-refractivity contribution in [1.82, 2.24) is 0 Å². The first-order valence-electron chi connectivity index (χ1n) is 5.60. The van der Waals surface area contributed by atoms with Crippen LogP contribution in [0.4, 0.5) is 0 Å². The molecule has 3 rings (SSSR count). The Bertz CT molecular complexity index is 618. The predicted octanol–water partition coefficient (Wildman–Crippen LogP) is 3.80. The number of hydrogen-bond donors (Lipinski definition) is 0. The highest BCUT2D eigenvalue weighted by Crippen LogP contribution is 2.31. The summed E-state index contributed by atoms with van der Waals surface area (Å²) in [6.07, 6.45) is 0. The molecule has 0 nitrogen and oxygen atoms in total. The van der Waals surface area contributed by atoms with Crippen LogP contribution in [-0.4, -0.2) is 8.07 Å². The van der Waals surface area contributed by atoms with Gasteiger partial charge in [-0.25, -0.2) is 0 Å². The van der Waals surface area contributed by atoms with Crippen molar-refractivity contribution < 1.29 is 0 Å². The van der Waals surface area contributed by atoms with Gasteiger partial charge in [0.1, 0.15) is 8.07 Å². The molecule has 17 heavy (non-hydrogen) atoms. The molecule has 0 saturated carbocycles. The monoisotopic (exact) mass is 278 g/mol. The van der Waals surface area contributed by atoms with Crippen molar-refractivity contribution in [3.8, 4) is 11.1 Å². The van der Waals surface area contributed by atoms with E-state index < -0.39 is 8.07 Å². The Morgan fingerprint density at radius 3 is 2.18 bits per heavy atom. The topological polar surface area (TPSA) is 0 Å². The molecule has 1 heterocycles. The lowest BCUT2D eigenvalue weighted by Crippen LogP contribution is -2.49. The van der Waals surface area contributed by atoms with Crippen molar-refractivity contribution in [1.29, 1.82) is 0 Å². The molecule has 1 aliphatic rings. The molecule has 0 aliphatic carbocycles. The van der Waals surface area contributed by atoms with Gasteiger partial charge in [-0.2, -0.15) is 0 Å². The molecule has 0 bridgehead atoms. The van der Waals surface area contributed by atoms with Gasteiger partial charge in [-0.15, -0.1) is 0 Å². The van der Waals surface area contributed by atoms with E-state index in [2.05, 4.69) is 37.4 Å². The summed E-state index contributed by atoms with van der Waals surface area (Å²) in [6.45, 7) is 4.73. The summed E-state index contributed by atoms with van der Waals surface area (Å²) < 4.78 is 0. The maximum absolute atomic E-state index is 6.12. The number of fused-ring (bicyclic) bond motifs is 3. The fourth-order valence-corrected chi connectivity index (χ4v) is 6.21. The van der Waals surface area contributed by atoms with Crippen molar-refractivity contribution >= 4 is 41.6 Å². The Morgan fingerprint density at radius 2 is 1.41 bits per heavy atom. The Balaban J connectivity index is 2.38. The molecule has 0 aromatic heterocycles. The first-order valence-corrected chi connectivity index (χ1v) is 9.36. The highest BCUT2D eigenvalue weighted by molar-refractivity contribution is 7.03. The molecular weight excluding hydrogens is 267 g/mol. The third-order valence-electron chi connectivity index (χ3n) is 3.60. The predicted molar refractivity (Wildman–Crippen MR) is 78.6 cm³/mol. The lowest BCUT2D eigenvalue weighted by Gasteiger charge is -2.18. The van der Waals surface area contributed by atoms with Crippen molar-refractivity contribution in [2.45, 2.75) is 13.1 Å². The minimum atomic E-state index is -1.58. The zero-order chi connectivity index (χ0) is 12.2. The molecule has 0 radical (unpaired) electrons. The van der Waals surface area contributed by atoms with Crippen LogP contribution in [0.3, 0.4) is 0 Å². The Kier molecular flexibility index (Phi) is 2.41. The first kappa shape index (κ1) is 11.3. The minimum absolute atomic E-state index is 0.802. The largest absolute Gasteiger partial charge is 0.113 e. The minimum Gasteiger partial charge on any atom is -0.0843 e. The van der Waals surface area contributed by atoms with E-state index in [-0.39, 0.29) is 0 Å². The molecule has 0 spiro atoms. The molecule has 1 aliphatic heterocycles. The molecule has 2 aromatic carbocycles. The third kappa shape index (κ3) is 1.57. The van der Waals surface area contributed by atoms with Gasteiger partial charge in [-0.3, -0.25) is 0 Å². The van der Waals surface area contributed by atoms with E-state index in [1.165, 1.54) is 21.5 Å². The van der Waals surface area contributed by atoms with Crippen LogP contribution < -0.4 is 10.4 Å². The van der Waals surface area contributed by atoms with Gasteiger partial charge in [0.05, 0.1) is 0 Å². The average Bonchev–Trinajstić information content (AvgIpc) is 2.48. The number of halogens is 2. The van der Waals surface area contributed by atoms with Crippen LogP contribution in [0.2, 0.25) is 23.1 Å². The Hall–Kier alpha value is -0.763. The van der Waals surface area contributed by atoms with Crippen molar-refractivity contribution in [3.63, 3.8) is 0 Å². The Labute approximate surface area is 112 Å². The van der Waals surface area contributed by atoms with Crippen molar-refractivity contribution in [2.24, 2.45) is 0 Å². The number of rotatable bonds is 0. The molecular formula is C14H12Cl2Si. The van der Waals surface area contributed by atoms with Crippen LogP contribution in [0.25, 0.3) is 11.1 Å². The van der Waals surface area contributed by atoms with E-state index in [0.29, 0.717) is 0 Å². The van der Waals surface area contributed by atoms with E-state index in [9.17, 15) is 0 Å². The van der Waals surface area contributed by atoms with E-state index in [0.717, 1.165) is 10.0 Å². The van der Waals surface area contributed by atoms with Gasteiger partial charge in [0, 0.05) is 10.0 Å². The normalized spacial score (nSPS) is 15.5. The van der Waals surface area contributed by atoms with Gasteiger partial charge in [-0.1, -0.05) is 48.4 Å². The van der Waals surface area contributed by atoms with Crippen LogP contribution >= 0.6 is 23.2 Å². The standard InChI is InChI=1S/C14H12Cl2Si/c1-17(2)13-6-4-9(15)7-12(13)11-5-3-10(16)8-14(11)17/h3-8H,1-2H3. The molecule has 0 amide bonds. The Morgan fingerprint density at radius 1 is 0.765 bits per heavy atom. The first-order chi connectivity index (χ1) is 8.00. The van der Waals surface area contributed by atoms with Crippen LogP contribution in [-0.2, 0) is 0 Å². The smallest absolute Gasteiger partial charge is 0.0843 e. The SMILES string of the molecule is C[Si]1(C)c2ccc(Cl)cc2-c2ccc(Cl)cc21. The van der Waals surface area contributed by atoms with Crippen LogP contribution in [0.15, 0.2) is 36.4 Å². The summed E-state index contributed by atoms with van der Waals surface area (Å²) >= 11 is 12.2. The highest BCUT2D eigenvalue weighted by Gasteiger charge is 2.37. The molecule has 0 fully saturated rings. The second kappa shape index (κ2) is 3.61. The van der Waals surface area contributed by atoms with Crippen LogP contribution in [0.1, 0.15) is 0 Å². The third-order valence-corrected chi connectivity index (χ3v) is 7.61. The second-order valence-corrected chi connectivity index (χ2v) is 10.2. The molecule has 3 heteroatoms. The number of hydrogen-bond acceptors (Lipinski definition) is 0. The summed E-state index contributed by atoms with van der Waals surface area (Å²) in [4.78, 5) is 0. The summed E-state index contributed by atoms with van der Waals surface area (Å²) in [5, 5.41) is 4.50. The number of benzene rings is 2. The van der Waals surface area contributed by atoms with Crippen molar-refractivity contribution in [2.75, 3.05) is 0 Å². The maximum Gasteiger partial charge on any atom is 0.113 e. The lowest BCUT2D eigenvalue weighted by atomic mass is 10.1. The van der Waals surface area contributed by atoms with Gasteiger partial charge in [0.15, 0.2) is 0 Å². The fourth-order valence-electron chi connectivity index (χ4n) is 2.70. The van der Waals surface area contributed by atoms with E-state index in [4.69, 9.17) is 23.2 Å². The quantitative estimate of drug-likeness (QED) is 0.643. The lowest BCUT2D eigenvalue weighted by molar-refractivity contribution is 1.70. The van der Waals surface area contributed by atoms with Gasteiger partial charge in [0.25, 0.3) is 0 Å². The van der Waals surface area contributed by atoms with Gasteiger partial charge in [0.2, 0.25) is 0 Å². The van der Waals surface area contributed by atoms with Gasteiger partial charge < -0.3 is 0 Å². The maximum atomic E-state index is 6.12. The summed E-state index contributed by atoms with van der Waals surface area (Å²) in [5.74, 6) is 0. The zero-order valence-corrected chi connectivity index (χ0v) is 12.2. The second-order valence-electron chi connectivity index (χ2n) is 5.00. The molecule has 86 valence electrons. The molecule has 0 atom stereocenters. The summed E-state index contributed by atoms with van der Waals surface area (Å²) in [5.41, 5.74) is 2.60. The molecule has 0 N–H and O–H groups in total. The summed E-state index contributed by atoms with van der Waals surface area (Å²) in [6, 6.07) is 12.4. The van der Waals surface area contributed by atoms with Crippen LogP contribution in [0.5, 0.6) is 0 Å². The van der Waals surface area contributed by atoms with Gasteiger partial charge in [-0.05, 0) is 45.8 Å². The fraction of sp³-hybridized carbons (Fsp3) is 0.143. The van der Waals surface area contributed by atoms with E-state index >= 15 is 0 Å². The zero-order valence-electron chi connectivity index (χ0n) is 9.72. The summed E-state index contributed by atoms with van der Waals surface area (Å²) in [7, 11) is -1.58. The molecule has 0 unspecified atom stereocenters. The van der Waals surface area contributed by atoms with E-state index in [1.54, 1.807) is 0 Å². The van der Waals surface area contributed by atoms with Crippen LogP contribution in [0, 0.1) is 0 Å². The van der Waals surface area contributed by atoms with Crippen molar-refractivity contribution in [3.05, 3.63) is 46.4 Å². The average molecular weight is 279 g/mol. The highest BCUT2D eigenvalue weighted by atomic mass is 35.5. The van der Waals surface area contributed by atoms with Gasteiger partial charge >= 0.3 is 0 Å². The van der Waals surface area contributed by atoms with E-state index in [1.807, 2.05) is 12.1 Å².